The van der Waals surface area contributed by atoms with Crippen LogP contribution in [0.5, 0.6) is 5.75 Å². The third kappa shape index (κ3) is 7.56. The number of carboxylic acid groups (broad SMARTS) is 1. The van der Waals surface area contributed by atoms with Crippen molar-refractivity contribution in [3.63, 3.8) is 0 Å². The molecule has 38 heavy (non-hydrogen) atoms. The number of benzene rings is 2. The average Bonchev–Trinajstić information content (AvgIpc) is 3.31. The summed E-state index contributed by atoms with van der Waals surface area (Å²) in [5.74, 6) is -2.10. The third-order valence-corrected chi connectivity index (χ3v) is 6.08. The van der Waals surface area contributed by atoms with Crippen LogP contribution in [-0.2, 0) is 4.79 Å². The van der Waals surface area contributed by atoms with Crippen molar-refractivity contribution in [2.75, 3.05) is 32.5 Å². The van der Waals surface area contributed by atoms with Crippen LogP contribution in [0.25, 0.3) is 11.3 Å². The zero-order chi connectivity index (χ0) is 28.0. The molecular formula is C25H25ClF3N5O4. The number of carbonyl (C=O) groups is 2. The van der Waals surface area contributed by atoms with Gasteiger partial charge in [-0.1, -0.05) is 11.6 Å². The predicted molar refractivity (Wildman–Crippen MR) is 136 cm³/mol. The molecule has 2 heterocycles. The van der Waals surface area contributed by atoms with Gasteiger partial charge in [-0.2, -0.15) is 13.2 Å². The van der Waals surface area contributed by atoms with E-state index in [2.05, 4.69) is 27.2 Å². The molecule has 202 valence electrons. The van der Waals surface area contributed by atoms with Crippen LogP contribution in [0.4, 0.5) is 24.7 Å². The van der Waals surface area contributed by atoms with Crippen LogP contribution in [-0.4, -0.2) is 81.3 Å². The second kappa shape index (κ2) is 12.1. The van der Waals surface area contributed by atoms with Gasteiger partial charge in [0.25, 0.3) is 5.91 Å². The topological polar surface area (TPSA) is 119 Å². The number of aliphatic carboxylic acids is 1. The second-order valence-electron chi connectivity index (χ2n) is 8.58. The molecule has 1 atom stereocenters. The number of rotatable bonds is 5. The lowest BCUT2D eigenvalue weighted by atomic mass is 10.1. The molecule has 1 unspecified atom stereocenters. The lowest BCUT2D eigenvalue weighted by Gasteiger charge is -2.25. The molecule has 4 rings (SSSR count). The Morgan fingerprint density at radius 1 is 1.16 bits per heavy atom. The number of aromatic hydroxyl groups is 1. The van der Waals surface area contributed by atoms with Crippen LogP contribution in [0.2, 0.25) is 5.02 Å². The fourth-order valence-corrected chi connectivity index (χ4v) is 3.85. The Labute approximate surface area is 221 Å². The summed E-state index contributed by atoms with van der Waals surface area (Å²) in [6.07, 6.45) is -0.876. The van der Waals surface area contributed by atoms with Crippen molar-refractivity contribution >= 4 is 35.0 Å². The Morgan fingerprint density at radius 3 is 2.39 bits per heavy atom. The summed E-state index contributed by atoms with van der Waals surface area (Å²) in [5, 5.41) is 20.3. The lowest BCUT2D eigenvalue weighted by molar-refractivity contribution is -0.192. The van der Waals surface area contributed by atoms with E-state index < -0.39 is 12.1 Å². The summed E-state index contributed by atoms with van der Waals surface area (Å²) in [6, 6.07) is 12.1. The molecule has 0 radical (unpaired) electrons. The number of hydrogen-bond acceptors (Lipinski definition) is 7. The summed E-state index contributed by atoms with van der Waals surface area (Å²) in [5.41, 5.74) is 2.62. The van der Waals surface area contributed by atoms with Crippen LogP contribution in [0.1, 0.15) is 16.8 Å². The molecular weight excluding hydrogens is 527 g/mol. The monoisotopic (exact) mass is 551 g/mol. The van der Waals surface area contributed by atoms with E-state index in [-0.39, 0.29) is 17.7 Å². The summed E-state index contributed by atoms with van der Waals surface area (Å²) >= 11 is 6.38. The van der Waals surface area contributed by atoms with Gasteiger partial charge >= 0.3 is 12.1 Å². The molecule has 0 bridgehead atoms. The largest absolute Gasteiger partial charge is 0.508 e. The quantitative estimate of drug-likeness (QED) is 0.419. The molecule has 2 aromatic carbocycles. The van der Waals surface area contributed by atoms with Gasteiger partial charge in [-0.3, -0.25) is 9.78 Å². The van der Waals surface area contributed by atoms with E-state index in [0.717, 1.165) is 25.1 Å². The van der Waals surface area contributed by atoms with Gasteiger partial charge in [-0.15, -0.1) is 0 Å². The minimum Gasteiger partial charge on any atom is -0.508 e. The number of nitrogens with zero attached hydrogens (tertiary/aromatic N) is 4. The molecule has 0 aliphatic carbocycles. The minimum absolute atomic E-state index is 0.0380. The Bertz CT molecular complexity index is 1290. The third-order valence-electron chi connectivity index (χ3n) is 5.75. The maximum Gasteiger partial charge on any atom is 0.490 e. The predicted octanol–water partition coefficient (Wildman–Crippen LogP) is 4.66. The van der Waals surface area contributed by atoms with Gasteiger partial charge in [0.15, 0.2) is 0 Å². The van der Waals surface area contributed by atoms with Crippen molar-refractivity contribution in [2.45, 2.75) is 18.6 Å². The molecule has 1 aromatic heterocycles. The first-order chi connectivity index (χ1) is 17.8. The van der Waals surface area contributed by atoms with Crippen LogP contribution < -0.4 is 5.32 Å². The average molecular weight is 552 g/mol. The Hall–Kier alpha value is -3.90. The fraction of sp³-hybridized carbons (Fsp3) is 0.280. The van der Waals surface area contributed by atoms with Gasteiger partial charge in [0.2, 0.25) is 0 Å². The number of aromatic nitrogens is 2. The number of phenols is 1. The van der Waals surface area contributed by atoms with Crippen LogP contribution in [0, 0.1) is 0 Å². The number of carboxylic acids is 1. The summed E-state index contributed by atoms with van der Waals surface area (Å²) in [7, 11) is 3.91. The number of nitrogens with one attached hydrogen (secondary N) is 1. The highest BCUT2D eigenvalue weighted by molar-refractivity contribution is 6.33. The van der Waals surface area contributed by atoms with Gasteiger partial charge in [0.05, 0.1) is 28.8 Å². The number of likely N-dealkylation sites (N-methyl/N-ethyl adjacent to an activating group) is 2. The summed E-state index contributed by atoms with van der Waals surface area (Å²) in [4.78, 5) is 34.8. The maximum atomic E-state index is 13.0. The normalized spacial score (nSPS) is 15.4. The Kier molecular flexibility index (Phi) is 9.13. The number of likely N-dealkylation sites (tertiary alicyclic amines) is 1. The fourth-order valence-electron chi connectivity index (χ4n) is 3.69. The van der Waals surface area contributed by atoms with E-state index in [1.165, 1.54) is 0 Å². The van der Waals surface area contributed by atoms with E-state index in [9.17, 15) is 23.1 Å². The zero-order valence-corrected chi connectivity index (χ0v) is 21.2. The lowest BCUT2D eigenvalue weighted by Crippen LogP contribution is -2.38. The zero-order valence-electron chi connectivity index (χ0n) is 20.4. The molecule has 1 aliphatic heterocycles. The molecule has 1 amide bonds. The second-order valence-corrected chi connectivity index (χ2v) is 8.99. The van der Waals surface area contributed by atoms with E-state index in [1.54, 1.807) is 54.9 Å². The number of alkyl halides is 3. The van der Waals surface area contributed by atoms with E-state index >= 15 is 0 Å². The van der Waals surface area contributed by atoms with Crippen molar-refractivity contribution in [1.82, 2.24) is 19.8 Å². The number of anilines is 2. The number of amides is 1. The van der Waals surface area contributed by atoms with E-state index in [1.807, 2.05) is 11.9 Å². The summed E-state index contributed by atoms with van der Waals surface area (Å²) < 4.78 is 31.7. The van der Waals surface area contributed by atoms with Crippen molar-refractivity contribution in [3.8, 4) is 17.0 Å². The molecule has 9 nitrogen and oxygen atoms in total. The van der Waals surface area contributed by atoms with Crippen molar-refractivity contribution in [1.29, 1.82) is 0 Å². The highest BCUT2D eigenvalue weighted by atomic mass is 35.5. The van der Waals surface area contributed by atoms with Gasteiger partial charge in [0, 0.05) is 30.8 Å². The van der Waals surface area contributed by atoms with E-state index in [4.69, 9.17) is 21.5 Å². The minimum atomic E-state index is -5.08. The molecule has 0 spiro atoms. The Morgan fingerprint density at radius 2 is 1.82 bits per heavy atom. The van der Waals surface area contributed by atoms with Crippen LogP contribution >= 0.6 is 11.6 Å². The molecule has 3 aromatic rings. The first-order valence-corrected chi connectivity index (χ1v) is 11.7. The molecule has 0 saturated carbocycles. The molecule has 1 aliphatic rings. The first-order valence-electron chi connectivity index (χ1n) is 11.3. The highest BCUT2D eigenvalue weighted by Crippen LogP contribution is 2.28. The van der Waals surface area contributed by atoms with Crippen molar-refractivity contribution < 1.29 is 33.0 Å². The van der Waals surface area contributed by atoms with Gasteiger partial charge in [-0.25, -0.2) is 9.78 Å². The number of hydrogen-bond donors (Lipinski definition) is 3. The van der Waals surface area contributed by atoms with Crippen molar-refractivity contribution in [3.05, 3.63) is 65.4 Å². The van der Waals surface area contributed by atoms with Crippen molar-refractivity contribution in [2.24, 2.45) is 0 Å². The first kappa shape index (κ1) is 28.7. The SMILES string of the molecule is CN1CCC(N(C)C(=O)c2ccc(Cl)c(Nc3cncc(-c4ccc(O)cc4)n3)c2)C1.O=C(O)C(F)(F)F. The number of carbonyl (C=O) groups excluding carboxylic acids is 1. The van der Waals surface area contributed by atoms with Gasteiger partial charge in [-0.05, 0) is 62.5 Å². The molecule has 13 heteroatoms. The van der Waals surface area contributed by atoms with Gasteiger partial charge < -0.3 is 25.3 Å². The standard InChI is InChI=1S/C23H24ClN5O2.C2HF3O2/c1-28-10-9-17(14-28)29(2)23(31)16-5-8-19(24)20(11-16)26-22-13-25-12-21(27-22)15-3-6-18(30)7-4-15;3-2(4,5)1(6)7/h3-8,11-13,17,30H,9-10,14H2,1-2H3,(H,26,27);(H,6,7). The summed E-state index contributed by atoms with van der Waals surface area (Å²) in [6.45, 7) is 1.87. The smallest absolute Gasteiger partial charge is 0.490 e. The Balaban J connectivity index is 0.000000505. The van der Waals surface area contributed by atoms with Crippen LogP contribution in [0.15, 0.2) is 54.9 Å². The highest BCUT2D eigenvalue weighted by Gasteiger charge is 2.38. The van der Waals surface area contributed by atoms with E-state index in [0.29, 0.717) is 27.8 Å². The molecule has 1 fully saturated rings. The number of halogens is 4. The maximum absolute atomic E-state index is 13.0. The number of phenolic OH excluding ortho intramolecular Hbond substituents is 1. The molecule has 3 N–H and O–H groups in total. The van der Waals surface area contributed by atoms with Gasteiger partial charge in [0.1, 0.15) is 11.6 Å². The molecule has 1 saturated heterocycles. The van der Waals surface area contributed by atoms with Crippen LogP contribution in [0.3, 0.4) is 0 Å².